The van der Waals surface area contributed by atoms with Gasteiger partial charge >= 0.3 is 0 Å². The van der Waals surface area contributed by atoms with Crippen LogP contribution in [0.4, 0.5) is 0 Å². The van der Waals surface area contributed by atoms with Crippen molar-refractivity contribution < 1.29 is 5.11 Å². The van der Waals surface area contributed by atoms with E-state index in [9.17, 15) is 5.11 Å². The highest BCUT2D eigenvalue weighted by Crippen LogP contribution is 2.43. The first-order chi connectivity index (χ1) is 7.87. The molecule has 0 bridgehead atoms. The summed E-state index contributed by atoms with van der Waals surface area (Å²) in [7, 11) is 4.22. The van der Waals surface area contributed by atoms with Gasteiger partial charge in [0.25, 0.3) is 0 Å². The molecule has 0 amide bonds. The molecule has 0 spiro atoms. The highest BCUT2D eigenvalue weighted by molar-refractivity contribution is 5.25. The molecule has 1 N–H and O–H groups in total. The number of hydrogen-bond acceptors (Lipinski definition) is 2. The minimum atomic E-state index is -0.680. The highest BCUT2D eigenvalue weighted by atomic mass is 16.3. The Bertz CT molecular complexity index is 381. The highest BCUT2D eigenvalue weighted by Gasteiger charge is 2.47. The summed E-state index contributed by atoms with van der Waals surface area (Å²) in [5.74, 6) is 0. The minimum Gasteiger partial charge on any atom is -0.389 e. The number of hydrogen-bond donors (Lipinski definition) is 1. The summed E-state index contributed by atoms with van der Waals surface area (Å²) in [5, 5.41) is 10.6. The average molecular weight is 236 g/mol. The van der Waals surface area contributed by atoms with Gasteiger partial charge in [-0.2, -0.15) is 0 Å². The van der Waals surface area contributed by atoms with Crippen LogP contribution in [0.2, 0.25) is 0 Å². The zero-order chi connectivity index (χ0) is 12.7. The van der Waals surface area contributed by atoms with E-state index in [2.05, 4.69) is 41.9 Å². The lowest BCUT2D eigenvalue weighted by Crippen LogP contribution is -2.54. The van der Waals surface area contributed by atoms with Gasteiger partial charge in [-0.3, -0.25) is 0 Å². The molecule has 1 aliphatic heterocycles. The van der Waals surface area contributed by atoms with E-state index >= 15 is 0 Å². The molecule has 2 rings (SSSR count). The molecule has 1 aromatic heterocycles. The van der Waals surface area contributed by atoms with Gasteiger partial charge in [0.2, 0.25) is 0 Å². The third-order valence-corrected chi connectivity index (χ3v) is 4.45. The molecule has 3 nitrogen and oxygen atoms in total. The predicted molar refractivity (Wildman–Crippen MR) is 70.1 cm³/mol. The van der Waals surface area contributed by atoms with Gasteiger partial charge < -0.3 is 14.6 Å². The first-order valence-corrected chi connectivity index (χ1v) is 6.39. The summed E-state index contributed by atoms with van der Waals surface area (Å²) in [6.45, 7) is 6.00. The standard InChI is InChI=1S/C14H24N2O/c1-13(2,17)14(7-10-15(3)11-8-14)12-6-5-9-16(12)4/h5-6,9,17H,7-8,10-11H2,1-4H3. The monoisotopic (exact) mass is 236 g/mol. The number of nitrogens with zero attached hydrogens (tertiary/aromatic N) is 2. The maximum absolute atomic E-state index is 10.6. The van der Waals surface area contributed by atoms with Crippen molar-refractivity contribution in [3.63, 3.8) is 0 Å². The Morgan fingerprint density at radius 1 is 1.24 bits per heavy atom. The number of likely N-dealkylation sites (tertiary alicyclic amines) is 1. The smallest absolute Gasteiger partial charge is 0.0703 e. The van der Waals surface area contributed by atoms with Crippen LogP contribution in [0.3, 0.4) is 0 Å². The fourth-order valence-corrected chi connectivity index (χ4v) is 3.14. The molecule has 0 radical (unpaired) electrons. The Kier molecular flexibility index (Phi) is 3.08. The summed E-state index contributed by atoms with van der Waals surface area (Å²) in [5.41, 5.74) is 0.469. The van der Waals surface area contributed by atoms with Crippen LogP contribution in [0, 0.1) is 0 Å². The van der Waals surface area contributed by atoms with Gasteiger partial charge in [0.05, 0.1) is 5.60 Å². The summed E-state index contributed by atoms with van der Waals surface area (Å²) in [4.78, 5) is 2.34. The first kappa shape index (κ1) is 12.7. The molecule has 2 heterocycles. The molecule has 1 fully saturated rings. The quantitative estimate of drug-likeness (QED) is 0.847. The van der Waals surface area contributed by atoms with E-state index < -0.39 is 5.60 Å². The predicted octanol–water partition coefficient (Wildman–Crippen LogP) is 1.76. The zero-order valence-electron chi connectivity index (χ0n) is 11.4. The molecule has 1 saturated heterocycles. The maximum atomic E-state index is 10.6. The Morgan fingerprint density at radius 3 is 2.24 bits per heavy atom. The lowest BCUT2D eigenvalue weighted by molar-refractivity contribution is -0.0394. The van der Waals surface area contributed by atoms with Crippen LogP contribution in [0.25, 0.3) is 0 Å². The maximum Gasteiger partial charge on any atom is 0.0703 e. The number of rotatable bonds is 2. The lowest BCUT2D eigenvalue weighted by atomic mass is 9.65. The molecule has 0 unspecified atom stereocenters. The van der Waals surface area contributed by atoms with Crippen LogP contribution in [0.15, 0.2) is 18.3 Å². The van der Waals surface area contributed by atoms with Crippen molar-refractivity contribution in [1.29, 1.82) is 0 Å². The second kappa shape index (κ2) is 4.14. The van der Waals surface area contributed by atoms with Gasteiger partial charge in [0, 0.05) is 24.4 Å². The fraction of sp³-hybridized carbons (Fsp3) is 0.714. The van der Waals surface area contributed by atoms with Crippen LogP contribution < -0.4 is 0 Å². The van der Waals surface area contributed by atoms with Gasteiger partial charge in [-0.15, -0.1) is 0 Å². The number of aryl methyl sites for hydroxylation is 1. The first-order valence-electron chi connectivity index (χ1n) is 6.39. The van der Waals surface area contributed by atoms with Crippen molar-refractivity contribution in [3.8, 4) is 0 Å². The molecule has 0 aromatic carbocycles. The van der Waals surface area contributed by atoms with E-state index in [1.54, 1.807) is 0 Å². The Morgan fingerprint density at radius 2 is 1.82 bits per heavy atom. The number of aromatic nitrogens is 1. The Hall–Kier alpha value is -0.800. The lowest BCUT2D eigenvalue weighted by Gasteiger charge is -2.48. The van der Waals surface area contributed by atoms with Gasteiger partial charge in [-0.1, -0.05) is 0 Å². The molecular formula is C14H24N2O. The van der Waals surface area contributed by atoms with Crippen LogP contribution in [-0.4, -0.2) is 40.3 Å². The van der Waals surface area contributed by atoms with Gasteiger partial charge in [-0.05, 0) is 59.0 Å². The molecule has 0 saturated carbocycles. The van der Waals surface area contributed by atoms with E-state index in [4.69, 9.17) is 0 Å². The largest absolute Gasteiger partial charge is 0.389 e. The molecule has 17 heavy (non-hydrogen) atoms. The molecule has 0 aliphatic carbocycles. The molecular weight excluding hydrogens is 212 g/mol. The third kappa shape index (κ3) is 2.02. The van der Waals surface area contributed by atoms with E-state index in [-0.39, 0.29) is 5.41 Å². The summed E-state index contributed by atoms with van der Waals surface area (Å²) in [6, 6.07) is 4.23. The van der Waals surface area contributed by atoms with Crippen molar-refractivity contribution >= 4 is 0 Å². The van der Waals surface area contributed by atoms with Crippen LogP contribution >= 0.6 is 0 Å². The van der Waals surface area contributed by atoms with Gasteiger partial charge in [0.1, 0.15) is 0 Å². The zero-order valence-corrected chi connectivity index (χ0v) is 11.4. The van der Waals surface area contributed by atoms with E-state index in [0.717, 1.165) is 25.9 Å². The summed E-state index contributed by atoms with van der Waals surface area (Å²) >= 11 is 0. The van der Waals surface area contributed by atoms with E-state index in [0.29, 0.717) is 0 Å². The molecule has 1 aliphatic rings. The van der Waals surface area contributed by atoms with Gasteiger partial charge in [-0.25, -0.2) is 0 Å². The van der Waals surface area contributed by atoms with Crippen molar-refractivity contribution in [2.45, 2.75) is 37.7 Å². The molecule has 1 aromatic rings. The summed E-state index contributed by atoms with van der Waals surface area (Å²) < 4.78 is 2.16. The molecule has 0 atom stereocenters. The SMILES string of the molecule is CN1CCC(c2cccn2C)(C(C)(C)O)CC1. The van der Waals surface area contributed by atoms with Crippen LogP contribution in [0.1, 0.15) is 32.4 Å². The topological polar surface area (TPSA) is 28.4 Å². The third-order valence-electron chi connectivity index (χ3n) is 4.45. The molecule has 96 valence electrons. The van der Waals surface area contributed by atoms with Gasteiger partial charge in [0.15, 0.2) is 0 Å². The molecule has 3 heteroatoms. The normalized spacial score (nSPS) is 21.7. The van der Waals surface area contributed by atoms with Crippen molar-refractivity contribution in [2.24, 2.45) is 7.05 Å². The Balaban J connectivity index is 2.42. The second-order valence-corrected chi connectivity index (χ2v) is 5.95. The number of aliphatic hydroxyl groups is 1. The van der Waals surface area contributed by atoms with Crippen LogP contribution in [0.5, 0.6) is 0 Å². The van der Waals surface area contributed by atoms with Crippen molar-refractivity contribution in [3.05, 3.63) is 24.0 Å². The van der Waals surface area contributed by atoms with Crippen LogP contribution in [-0.2, 0) is 12.5 Å². The summed E-state index contributed by atoms with van der Waals surface area (Å²) in [6.07, 6.45) is 4.11. The Labute approximate surface area is 104 Å². The van der Waals surface area contributed by atoms with Crippen molar-refractivity contribution in [1.82, 2.24) is 9.47 Å². The fourth-order valence-electron chi connectivity index (χ4n) is 3.14. The second-order valence-electron chi connectivity index (χ2n) is 5.95. The van der Waals surface area contributed by atoms with Crippen molar-refractivity contribution in [2.75, 3.05) is 20.1 Å². The minimum absolute atomic E-state index is 0.113. The average Bonchev–Trinajstić information content (AvgIpc) is 2.64. The van der Waals surface area contributed by atoms with E-state index in [1.165, 1.54) is 5.69 Å². The van der Waals surface area contributed by atoms with E-state index in [1.807, 2.05) is 13.8 Å². The number of piperidine rings is 1.